The van der Waals surface area contributed by atoms with Crippen LogP contribution >= 0.6 is 0 Å². The molecule has 1 aliphatic carbocycles. The van der Waals surface area contributed by atoms with E-state index in [0.29, 0.717) is 12.1 Å². The smallest absolute Gasteiger partial charge is 0.119 e. The third kappa shape index (κ3) is 4.34. The Hall–Kier alpha value is -1.02. The van der Waals surface area contributed by atoms with E-state index < -0.39 is 0 Å². The zero-order chi connectivity index (χ0) is 12.8. The minimum atomic E-state index is 0.491. The first-order chi connectivity index (χ1) is 8.81. The largest absolute Gasteiger partial charge is 0.490 e. The summed E-state index contributed by atoms with van der Waals surface area (Å²) in [6.45, 7) is 2.24. The molecule has 0 bridgehead atoms. The normalized spacial score (nSPS) is 16.6. The zero-order valence-corrected chi connectivity index (χ0v) is 11.6. The van der Waals surface area contributed by atoms with E-state index in [2.05, 4.69) is 43.6 Å². The summed E-state index contributed by atoms with van der Waals surface area (Å²) in [7, 11) is 2.06. The van der Waals surface area contributed by atoms with Crippen LogP contribution in [0.5, 0.6) is 5.75 Å². The Morgan fingerprint density at radius 3 is 2.83 bits per heavy atom. The molecule has 0 amide bonds. The highest BCUT2D eigenvalue weighted by atomic mass is 16.5. The Morgan fingerprint density at radius 1 is 1.33 bits per heavy atom. The average Bonchev–Trinajstić information content (AvgIpc) is 3.19. The van der Waals surface area contributed by atoms with Gasteiger partial charge in [0.2, 0.25) is 0 Å². The van der Waals surface area contributed by atoms with Gasteiger partial charge in [-0.1, -0.05) is 25.5 Å². The highest BCUT2D eigenvalue weighted by molar-refractivity contribution is 5.29. The van der Waals surface area contributed by atoms with E-state index >= 15 is 0 Å². The molecular weight excluding hydrogens is 222 g/mol. The van der Waals surface area contributed by atoms with Crippen molar-refractivity contribution in [3.63, 3.8) is 0 Å². The number of hydrogen-bond donors (Lipinski definition) is 1. The fourth-order valence-corrected chi connectivity index (χ4v) is 2.28. The minimum Gasteiger partial charge on any atom is -0.490 e. The molecule has 0 spiro atoms. The van der Waals surface area contributed by atoms with Crippen LogP contribution in [0.25, 0.3) is 0 Å². The maximum absolute atomic E-state index is 5.83. The summed E-state index contributed by atoms with van der Waals surface area (Å²) in [5.41, 5.74) is 1.39. The number of benzene rings is 1. The van der Waals surface area contributed by atoms with Gasteiger partial charge in [-0.2, -0.15) is 0 Å². The van der Waals surface area contributed by atoms with Crippen LogP contribution in [0.15, 0.2) is 24.3 Å². The number of rotatable bonds is 8. The summed E-state index contributed by atoms with van der Waals surface area (Å²) >= 11 is 0. The zero-order valence-electron chi connectivity index (χ0n) is 11.6. The van der Waals surface area contributed by atoms with Crippen LogP contribution in [0.1, 0.15) is 44.6 Å². The Labute approximate surface area is 111 Å². The predicted molar refractivity (Wildman–Crippen MR) is 76.2 cm³/mol. The lowest BCUT2D eigenvalue weighted by Gasteiger charge is -2.15. The van der Waals surface area contributed by atoms with Gasteiger partial charge >= 0.3 is 0 Å². The van der Waals surface area contributed by atoms with Crippen LogP contribution in [0.2, 0.25) is 0 Å². The van der Waals surface area contributed by atoms with Crippen LogP contribution in [0.4, 0.5) is 0 Å². The van der Waals surface area contributed by atoms with Crippen molar-refractivity contribution in [2.75, 3.05) is 7.05 Å². The molecule has 18 heavy (non-hydrogen) atoms. The lowest BCUT2D eigenvalue weighted by Crippen LogP contribution is -2.25. The molecule has 1 aromatic rings. The molecule has 0 aromatic heterocycles. The van der Waals surface area contributed by atoms with Gasteiger partial charge in [-0.3, -0.25) is 0 Å². The third-order valence-electron chi connectivity index (χ3n) is 3.55. The van der Waals surface area contributed by atoms with Crippen LogP contribution in [-0.4, -0.2) is 19.2 Å². The van der Waals surface area contributed by atoms with Crippen molar-refractivity contribution in [3.8, 4) is 5.75 Å². The van der Waals surface area contributed by atoms with Crippen LogP contribution < -0.4 is 10.1 Å². The second-order valence-electron chi connectivity index (χ2n) is 5.28. The van der Waals surface area contributed by atoms with E-state index in [1.165, 1.54) is 37.7 Å². The maximum Gasteiger partial charge on any atom is 0.119 e. The van der Waals surface area contributed by atoms with Gasteiger partial charge in [-0.15, -0.1) is 0 Å². The molecule has 1 atom stereocenters. The summed E-state index contributed by atoms with van der Waals surface area (Å²) in [5.74, 6) is 1.05. The van der Waals surface area contributed by atoms with E-state index in [0.717, 1.165) is 12.2 Å². The highest BCUT2D eigenvalue weighted by Crippen LogP contribution is 2.27. The van der Waals surface area contributed by atoms with Crippen molar-refractivity contribution in [3.05, 3.63) is 29.8 Å². The van der Waals surface area contributed by atoms with Crippen molar-refractivity contribution >= 4 is 0 Å². The van der Waals surface area contributed by atoms with E-state index in [9.17, 15) is 0 Å². The second kappa shape index (κ2) is 6.79. The van der Waals surface area contributed by atoms with Gasteiger partial charge in [-0.25, -0.2) is 0 Å². The molecule has 2 nitrogen and oxygen atoms in total. The van der Waals surface area contributed by atoms with Gasteiger partial charge in [0.25, 0.3) is 0 Å². The monoisotopic (exact) mass is 247 g/mol. The first kappa shape index (κ1) is 13.4. The van der Waals surface area contributed by atoms with Crippen molar-refractivity contribution in [1.82, 2.24) is 5.32 Å². The van der Waals surface area contributed by atoms with Gasteiger partial charge in [0, 0.05) is 6.04 Å². The third-order valence-corrected chi connectivity index (χ3v) is 3.55. The molecule has 100 valence electrons. The quantitative estimate of drug-likeness (QED) is 0.758. The van der Waals surface area contributed by atoms with E-state index in [1.54, 1.807) is 0 Å². The fourth-order valence-electron chi connectivity index (χ4n) is 2.28. The van der Waals surface area contributed by atoms with Gasteiger partial charge in [0.05, 0.1) is 6.10 Å². The molecule has 1 N–H and O–H groups in total. The summed E-state index contributed by atoms with van der Waals surface area (Å²) in [4.78, 5) is 0. The summed E-state index contributed by atoms with van der Waals surface area (Å²) in [6.07, 6.45) is 7.78. The summed E-state index contributed by atoms with van der Waals surface area (Å²) in [6, 6.07) is 9.24. The van der Waals surface area contributed by atoms with Crippen molar-refractivity contribution < 1.29 is 4.74 Å². The Kier molecular flexibility index (Phi) is 5.06. The molecule has 1 aliphatic rings. The fraction of sp³-hybridized carbons (Fsp3) is 0.625. The number of hydrogen-bond acceptors (Lipinski definition) is 2. The van der Waals surface area contributed by atoms with E-state index in [4.69, 9.17) is 4.74 Å². The lowest BCUT2D eigenvalue weighted by molar-refractivity contribution is 0.303. The Morgan fingerprint density at radius 2 is 2.17 bits per heavy atom. The number of aryl methyl sites for hydroxylation is 1. The molecule has 1 unspecified atom stereocenters. The maximum atomic E-state index is 5.83. The minimum absolute atomic E-state index is 0.491. The first-order valence-corrected chi connectivity index (χ1v) is 7.24. The number of nitrogens with one attached hydrogen (secondary N) is 1. The topological polar surface area (TPSA) is 21.3 Å². The average molecular weight is 247 g/mol. The highest BCUT2D eigenvalue weighted by Gasteiger charge is 2.23. The standard InChI is InChI=1S/C16H25NO/c1-3-5-14(17-2)9-8-13-6-4-7-16(12-13)18-15-10-11-15/h4,6-7,12,14-15,17H,3,5,8-11H2,1-2H3. The lowest BCUT2D eigenvalue weighted by atomic mass is 10.0. The molecule has 1 aromatic carbocycles. The second-order valence-corrected chi connectivity index (χ2v) is 5.28. The molecule has 0 heterocycles. The van der Waals surface area contributed by atoms with E-state index in [1.807, 2.05) is 0 Å². The van der Waals surface area contributed by atoms with Gasteiger partial charge < -0.3 is 10.1 Å². The van der Waals surface area contributed by atoms with Crippen LogP contribution in [-0.2, 0) is 6.42 Å². The van der Waals surface area contributed by atoms with E-state index in [-0.39, 0.29) is 0 Å². The van der Waals surface area contributed by atoms with Gasteiger partial charge in [-0.05, 0) is 56.8 Å². The Bertz CT molecular complexity index is 360. The molecule has 1 saturated carbocycles. The molecule has 2 heteroatoms. The summed E-state index contributed by atoms with van der Waals surface area (Å²) in [5, 5.41) is 3.40. The van der Waals surface area contributed by atoms with Crippen molar-refractivity contribution in [2.24, 2.45) is 0 Å². The SMILES string of the molecule is CCCC(CCc1cccc(OC2CC2)c1)NC. The van der Waals surface area contributed by atoms with Crippen LogP contribution in [0, 0.1) is 0 Å². The van der Waals surface area contributed by atoms with Crippen molar-refractivity contribution in [2.45, 2.75) is 57.6 Å². The summed E-state index contributed by atoms with van der Waals surface area (Å²) < 4.78 is 5.83. The first-order valence-electron chi connectivity index (χ1n) is 7.24. The van der Waals surface area contributed by atoms with Gasteiger partial charge in [0.1, 0.15) is 5.75 Å². The number of ether oxygens (including phenoxy) is 1. The predicted octanol–water partition coefficient (Wildman–Crippen LogP) is 3.55. The molecule has 0 aliphatic heterocycles. The molecule has 0 radical (unpaired) electrons. The van der Waals surface area contributed by atoms with Gasteiger partial charge in [0.15, 0.2) is 0 Å². The molecular formula is C16H25NO. The Balaban J connectivity index is 1.83. The molecule has 2 rings (SSSR count). The molecule has 0 saturated heterocycles. The van der Waals surface area contributed by atoms with Crippen molar-refractivity contribution in [1.29, 1.82) is 0 Å². The molecule has 1 fully saturated rings. The van der Waals surface area contributed by atoms with Crippen LogP contribution in [0.3, 0.4) is 0 Å².